The molecule has 1 aliphatic heterocycles. The van der Waals surface area contributed by atoms with Gasteiger partial charge >= 0.3 is 0 Å². The van der Waals surface area contributed by atoms with Crippen molar-refractivity contribution < 1.29 is 4.57 Å². The molecule has 0 unspecified atom stereocenters. The lowest BCUT2D eigenvalue weighted by atomic mass is 10.4. The quantitative estimate of drug-likeness (QED) is 0.786. The molecule has 1 nitrogen and oxygen atoms in total. The molecule has 0 bridgehead atoms. The molecule has 4 heteroatoms. The van der Waals surface area contributed by atoms with Crippen LogP contribution >= 0.6 is 30.7 Å². The van der Waals surface area contributed by atoms with Crippen LogP contribution in [0, 0.1) is 0 Å². The Balaban J connectivity index is 2.13. The fraction of sp³-hybridized carbons (Fsp3) is 0.125. The summed E-state index contributed by atoms with van der Waals surface area (Å²) >= 11 is 3.62. The predicted octanol–water partition coefficient (Wildman–Crippen LogP) is 4.28. The summed E-state index contributed by atoms with van der Waals surface area (Å²) in [4.78, 5) is 0. The monoisotopic (exact) mass is 318 g/mol. The van der Waals surface area contributed by atoms with Gasteiger partial charge < -0.3 is 4.57 Å². The Hall–Kier alpha value is -0.890. The molecule has 102 valence electrons. The third-order valence-corrected chi connectivity index (χ3v) is 8.83. The number of hydrogen-bond donors (Lipinski definition) is 0. The molecule has 0 amide bonds. The summed E-state index contributed by atoms with van der Waals surface area (Å²) in [5.41, 5.74) is 0. The van der Waals surface area contributed by atoms with Gasteiger partial charge in [0.1, 0.15) is 0 Å². The van der Waals surface area contributed by atoms with E-state index in [1.165, 1.54) is 4.24 Å². The van der Waals surface area contributed by atoms with Crippen molar-refractivity contribution in [2.75, 3.05) is 11.5 Å². The summed E-state index contributed by atoms with van der Waals surface area (Å²) in [5.74, 6) is 4.22. The Kier molecular flexibility index (Phi) is 4.40. The van der Waals surface area contributed by atoms with Crippen molar-refractivity contribution in [3.8, 4) is 0 Å². The van der Waals surface area contributed by atoms with Gasteiger partial charge in [-0.1, -0.05) is 60.7 Å². The third kappa shape index (κ3) is 2.90. The van der Waals surface area contributed by atoms with Crippen LogP contribution in [0.25, 0.3) is 0 Å². The molecular weight excluding hydrogens is 303 g/mol. The first-order valence-corrected chi connectivity index (χ1v) is 10.2. The van der Waals surface area contributed by atoms with Crippen LogP contribution in [-0.2, 0) is 4.57 Å². The topological polar surface area (TPSA) is 17.1 Å². The Labute approximate surface area is 128 Å². The first-order chi connectivity index (χ1) is 9.79. The molecule has 2 aromatic carbocycles. The molecule has 3 rings (SSSR count). The van der Waals surface area contributed by atoms with Gasteiger partial charge in [0.25, 0.3) is 0 Å². The van der Waals surface area contributed by atoms with E-state index in [-0.39, 0.29) is 0 Å². The molecule has 1 heterocycles. The molecular formula is C16H15OPS2. The highest BCUT2D eigenvalue weighted by atomic mass is 32.2. The van der Waals surface area contributed by atoms with Gasteiger partial charge in [0.15, 0.2) is 7.14 Å². The van der Waals surface area contributed by atoms with Crippen LogP contribution < -0.4 is 10.6 Å². The number of rotatable bonds is 3. The third-order valence-electron chi connectivity index (χ3n) is 3.14. The average molecular weight is 318 g/mol. The first kappa shape index (κ1) is 14.1. The Morgan fingerprint density at radius 1 is 0.800 bits per heavy atom. The molecule has 0 atom stereocenters. The average Bonchev–Trinajstić information content (AvgIpc) is 3.02. The fourth-order valence-electron chi connectivity index (χ4n) is 2.15. The zero-order valence-electron chi connectivity index (χ0n) is 10.9. The van der Waals surface area contributed by atoms with Crippen LogP contribution in [0.2, 0.25) is 0 Å². The molecule has 1 fully saturated rings. The fourth-order valence-corrected chi connectivity index (χ4v) is 7.66. The molecule has 0 N–H and O–H groups in total. The van der Waals surface area contributed by atoms with Crippen molar-refractivity contribution >= 4 is 41.3 Å². The number of thioether (sulfide) groups is 2. The molecule has 0 aromatic heterocycles. The van der Waals surface area contributed by atoms with Gasteiger partial charge in [0, 0.05) is 32.2 Å². The first-order valence-electron chi connectivity index (χ1n) is 6.48. The number of hydrogen-bond acceptors (Lipinski definition) is 3. The van der Waals surface area contributed by atoms with Gasteiger partial charge in [-0.25, -0.2) is 0 Å². The molecule has 0 spiro atoms. The van der Waals surface area contributed by atoms with Crippen LogP contribution in [0.3, 0.4) is 0 Å². The second-order valence-corrected chi connectivity index (χ2v) is 9.61. The van der Waals surface area contributed by atoms with Crippen LogP contribution in [0.1, 0.15) is 0 Å². The van der Waals surface area contributed by atoms with E-state index in [9.17, 15) is 4.57 Å². The number of benzene rings is 2. The second-order valence-electron chi connectivity index (χ2n) is 4.47. The summed E-state index contributed by atoms with van der Waals surface area (Å²) in [6.07, 6.45) is 0. The van der Waals surface area contributed by atoms with E-state index in [1.807, 2.05) is 90.0 Å². The molecule has 0 saturated carbocycles. The summed E-state index contributed by atoms with van der Waals surface area (Å²) in [6.45, 7) is 0. The molecule has 0 radical (unpaired) electrons. The van der Waals surface area contributed by atoms with E-state index in [2.05, 4.69) is 0 Å². The minimum absolute atomic E-state index is 0.909. The van der Waals surface area contributed by atoms with Crippen molar-refractivity contribution in [3.05, 3.63) is 70.7 Å². The molecule has 1 saturated heterocycles. The molecule has 1 aliphatic rings. The van der Waals surface area contributed by atoms with Crippen molar-refractivity contribution in [2.45, 2.75) is 0 Å². The maximum absolute atomic E-state index is 13.7. The zero-order valence-corrected chi connectivity index (χ0v) is 13.5. The lowest BCUT2D eigenvalue weighted by molar-refractivity contribution is 0.592. The Morgan fingerprint density at radius 2 is 1.25 bits per heavy atom. The minimum Gasteiger partial charge on any atom is -0.309 e. The van der Waals surface area contributed by atoms with E-state index in [0.29, 0.717) is 0 Å². The maximum Gasteiger partial charge on any atom is 0.165 e. The van der Waals surface area contributed by atoms with E-state index in [0.717, 1.165) is 22.1 Å². The highest BCUT2D eigenvalue weighted by Gasteiger charge is 2.26. The van der Waals surface area contributed by atoms with Crippen LogP contribution in [0.5, 0.6) is 0 Å². The van der Waals surface area contributed by atoms with Gasteiger partial charge in [-0.15, -0.1) is 23.5 Å². The van der Waals surface area contributed by atoms with E-state index in [4.69, 9.17) is 0 Å². The Morgan fingerprint density at radius 3 is 1.70 bits per heavy atom. The van der Waals surface area contributed by atoms with Gasteiger partial charge in [-0.2, -0.15) is 0 Å². The SMILES string of the molecule is O=P(C=C1SCCS1)(c1ccccc1)c1ccccc1. The Bertz CT molecular complexity index is 601. The van der Waals surface area contributed by atoms with E-state index < -0.39 is 7.14 Å². The standard InChI is InChI=1S/C16H15OPS2/c17-18(13-16-19-11-12-20-16,14-7-3-1-4-8-14)15-9-5-2-6-10-15/h1-10,13H,11-12H2. The van der Waals surface area contributed by atoms with Gasteiger partial charge in [-0.05, 0) is 0 Å². The summed E-state index contributed by atoms with van der Waals surface area (Å²) in [5, 5.41) is 1.82. The maximum atomic E-state index is 13.7. The normalized spacial score (nSPS) is 15.3. The highest BCUT2D eigenvalue weighted by molar-refractivity contribution is 8.25. The van der Waals surface area contributed by atoms with Gasteiger partial charge in [0.05, 0.1) is 0 Å². The van der Waals surface area contributed by atoms with Crippen molar-refractivity contribution in [1.82, 2.24) is 0 Å². The minimum atomic E-state index is -2.68. The van der Waals surface area contributed by atoms with Crippen molar-refractivity contribution in [1.29, 1.82) is 0 Å². The van der Waals surface area contributed by atoms with Crippen LogP contribution in [0.4, 0.5) is 0 Å². The summed E-state index contributed by atoms with van der Waals surface area (Å²) in [7, 11) is -2.68. The van der Waals surface area contributed by atoms with E-state index >= 15 is 0 Å². The van der Waals surface area contributed by atoms with Gasteiger partial charge in [-0.3, -0.25) is 0 Å². The summed E-state index contributed by atoms with van der Waals surface area (Å²) < 4.78 is 14.9. The summed E-state index contributed by atoms with van der Waals surface area (Å²) in [6, 6.07) is 19.6. The second kappa shape index (κ2) is 6.26. The van der Waals surface area contributed by atoms with Crippen LogP contribution in [-0.4, -0.2) is 11.5 Å². The molecule has 0 aliphatic carbocycles. The van der Waals surface area contributed by atoms with Crippen molar-refractivity contribution in [3.63, 3.8) is 0 Å². The van der Waals surface area contributed by atoms with Crippen molar-refractivity contribution in [2.24, 2.45) is 0 Å². The van der Waals surface area contributed by atoms with Gasteiger partial charge in [0.2, 0.25) is 0 Å². The lowest BCUT2D eigenvalue weighted by Gasteiger charge is -2.16. The largest absolute Gasteiger partial charge is 0.309 e. The molecule has 20 heavy (non-hydrogen) atoms. The van der Waals surface area contributed by atoms with Crippen LogP contribution in [0.15, 0.2) is 70.7 Å². The smallest absolute Gasteiger partial charge is 0.165 e. The zero-order chi connectivity index (χ0) is 13.8. The van der Waals surface area contributed by atoms with E-state index in [1.54, 1.807) is 0 Å². The predicted molar refractivity (Wildman–Crippen MR) is 92.8 cm³/mol. The molecule has 2 aromatic rings. The lowest BCUT2D eigenvalue weighted by Crippen LogP contribution is -2.14. The highest BCUT2D eigenvalue weighted by Crippen LogP contribution is 2.51.